The van der Waals surface area contributed by atoms with Crippen LogP contribution in [0.1, 0.15) is 46.0 Å². The molecule has 0 bridgehead atoms. The van der Waals surface area contributed by atoms with Gasteiger partial charge in [0.2, 0.25) is 5.91 Å². The molecule has 0 radical (unpaired) electrons. The van der Waals surface area contributed by atoms with Crippen LogP contribution in [-0.2, 0) is 9.53 Å². The normalized spacial score (nSPS) is 10.1. The molecule has 0 atom stereocenters. The smallest absolute Gasteiger partial charge is 0.216 e. The summed E-state index contributed by atoms with van der Waals surface area (Å²) in [6, 6.07) is 0. The summed E-state index contributed by atoms with van der Waals surface area (Å²) in [5.41, 5.74) is 0. The van der Waals surface area contributed by atoms with E-state index in [0.29, 0.717) is 0 Å². The van der Waals surface area contributed by atoms with Crippen molar-refractivity contribution in [2.45, 2.75) is 46.0 Å². The van der Waals surface area contributed by atoms with Gasteiger partial charge < -0.3 is 10.1 Å². The van der Waals surface area contributed by atoms with Crippen molar-refractivity contribution in [3.8, 4) is 0 Å². The standard InChI is InChI=1S/C11H23NO2/c1-3-4-6-9-14-10-7-5-8-12-11(2)13/h3-10H2,1-2H3,(H,12,13). The summed E-state index contributed by atoms with van der Waals surface area (Å²) in [4.78, 5) is 10.5. The summed E-state index contributed by atoms with van der Waals surface area (Å²) in [5, 5.41) is 2.76. The summed E-state index contributed by atoms with van der Waals surface area (Å²) in [6.07, 6.45) is 5.71. The maximum Gasteiger partial charge on any atom is 0.216 e. The molecule has 0 aromatic rings. The van der Waals surface area contributed by atoms with Crippen LogP contribution < -0.4 is 5.32 Å². The Labute approximate surface area is 87.2 Å². The van der Waals surface area contributed by atoms with E-state index in [-0.39, 0.29) is 5.91 Å². The lowest BCUT2D eigenvalue weighted by molar-refractivity contribution is -0.118. The van der Waals surface area contributed by atoms with Gasteiger partial charge >= 0.3 is 0 Å². The average molecular weight is 201 g/mol. The molecule has 0 aromatic carbocycles. The molecule has 0 aromatic heterocycles. The van der Waals surface area contributed by atoms with E-state index >= 15 is 0 Å². The molecule has 0 rings (SSSR count). The Balaban J connectivity index is 2.88. The van der Waals surface area contributed by atoms with E-state index < -0.39 is 0 Å². The van der Waals surface area contributed by atoms with Crippen LogP contribution >= 0.6 is 0 Å². The van der Waals surface area contributed by atoms with Crippen LogP contribution in [0.15, 0.2) is 0 Å². The van der Waals surface area contributed by atoms with E-state index in [0.717, 1.165) is 32.6 Å². The predicted octanol–water partition coefficient (Wildman–Crippen LogP) is 2.11. The number of rotatable bonds is 9. The zero-order valence-corrected chi connectivity index (χ0v) is 9.47. The molecule has 0 aliphatic rings. The number of amides is 1. The van der Waals surface area contributed by atoms with Gasteiger partial charge in [0.25, 0.3) is 0 Å². The molecule has 1 amide bonds. The Bertz CT molecular complexity index is 137. The molecule has 3 nitrogen and oxygen atoms in total. The van der Waals surface area contributed by atoms with Crippen molar-refractivity contribution in [1.29, 1.82) is 0 Å². The van der Waals surface area contributed by atoms with E-state index in [1.54, 1.807) is 6.92 Å². The Hall–Kier alpha value is -0.570. The number of carbonyl (C=O) groups is 1. The van der Waals surface area contributed by atoms with Crippen molar-refractivity contribution in [3.63, 3.8) is 0 Å². The number of hydrogen-bond donors (Lipinski definition) is 1. The molecule has 0 saturated carbocycles. The van der Waals surface area contributed by atoms with E-state index in [1.165, 1.54) is 19.3 Å². The Morgan fingerprint density at radius 1 is 1.14 bits per heavy atom. The Morgan fingerprint density at radius 2 is 1.79 bits per heavy atom. The van der Waals surface area contributed by atoms with Crippen molar-refractivity contribution in [2.75, 3.05) is 19.8 Å². The predicted molar refractivity (Wildman–Crippen MR) is 58.3 cm³/mol. The molecule has 0 aliphatic carbocycles. The molecule has 0 saturated heterocycles. The van der Waals surface area contributed by atoms with Crippen LogP contribution in [-0.4, -0.2) is 25.7 Å². The lowest BCUT2D eigenvalue weighted by Gasteiger charge is -2.04. The third kappa shape index (κ3) is 11.4. The second-order valence-electron chi connectivity index (χ2n) is 3.51. The molecule has 0 aliphatic heterocycles. The highest BCUT2D eigenvalue weighted by Gasteiger charge is 1.92. The largest absolute Gasteiger partial charge is 0.381 e. The fourth-order valence-electron chi connectivity index (χ4n) is 1.15. The second kappa shape index (κ2) is 10.5. The molecule has 0 heterocycles. The number of unbranched alkanes of at least 4 members (excludes halogenated alkanes) is 3. The van der Waals surface area contributed by atoms with Crippen LogP contribution in [0.25, 0.3) is 0 Å². The minimum absolute atomic E-state index is 0.0499. The minimum atomic E-state index is 0.0499. The number of nitrogens with one attached hydrogen (secondary N) is 1. The number of ether oxygens (including phenoxy) is 1. The first kappa shape index (κ1) is 13.4. The van der Waals surface area contributed by atoms with E-state index in [9.17, 15) is 4.79 Å². The van der Waals surface area contributed by atoms with Crippen LogP contribution in [0, 0.1) is 0 Å². The van der Waals surface area contributed by atoms with Gasteiger partial charge in [0, 0.05) is 26.7 Å². The van der Waals surface area contributed by atoms with Crippen molar-refractivity contribution in [1.82, 2.24) is 5.32 Å². The van der Waals surface area contributed by atoms with Crippen molar-refractivity contribution in [3.05, 3.63) is 0 Å². The van der Waals surface area contributed by atoms with Gasteiger partial charge in [0.1, 0.15) is 0 Å². The summed E-state index contributed by atoms with van der Waals surface area (Å²) >= 11 is 0. The van der Waals surface area contributed by atoms with Gasteiger partial charge in [-0.15, -0.1) is 0 Å². The van der Waals surface area contributed by atoms with E-state index in [2.05, 4.69) is 12.2 Å². The lowest BCUT2D eigenvalue weighted by Crippen LogP contribution is -2.21. The summed E-state index contributed by atoms with van der Waals surface area (Å²) in [5.74, 6) is 0.0499. The maximum atomic E-state index is 10.5. The molecule has 0 unspecified atom stereocenters. The molecule has 3 heteroatoms. The summed E-state index contributed by atoms with van der Waals surface area (Å²) in [6.45, 7) is 6.21. The highest BCUT2D eigenvalue weighted by molar-refractivity contribution is 5.72. The molecule has 0 fully saturated rings. The third-order valence-corrected chi connectivity index (χ3v) is 1.98. The average Bonchev–Trinajstić information content (AvgIpc) is 2.15. The van der Waals surface area contributed by atoms with Crippen molar-refractivity contribution >= 4 is 5.91 Å². The number of hydrogen-bond acceptors (Lipinski definition) is 2. The van der Waals surface area contributed by atoms with Gasteiger partial charge in [0.05, 0.1) is 0 Å². The molecule has 84 valence electrons. The quantitative estimate of drug-likeness (QED) is 0.580. The first-order valence-corrected chi connectivity index (χ1v) is 5.59. The second-order valence-corrected chi connectivity index (χ2v) is 3.51. The van der Waals surface area contributed by atoms with Gasteiger partial charge in [0.15, 0.2) is 0 Å². The third-order valence-electron chi connectivity index (χ3n) is 1.98. The molecule has 14 heavy (non-hydrogen) atoms. The first-order chi connectivity index (χ1) is 6.77. The van der Waals surface area contributed by atoms with Crippen LogP contribution in [0.4, 0.5) is 0 Å². The molecule has 1 N–H and O–H groups in total. The monoisotopic (exact) mass is 201 g/mol. The zero-order valence-electron chi connectivity index (χ0n) is 9.47. The van der Waals surface area contributed by atoms with Crippen LogP contribution in [0.2, 0.25) is 0 Å². The highest BCUT2D eigenvalue weighted by atomic mass is 16.5. The topological polar surface area (TPSA) is 38.3 Å². The van der Waals surface area contributed by atoms with Crippen molar-refractivity contribution < 1.29 is 9.53 Å². The van der Waals surface area contributed by atoms with Gasteiger partial charge in [-0.1, -0.05) is 19.8 Å². The van der Waals surface area contributed by atoms with Gasteiger partial charge in [-0.25, -0.2) is 0 Å². The fraction of sp³-hybridized carbons (Fsp3) is 0.909. The highest BCUT2D eigenvalue weighted by Crippen LogP contribution is 1.95. The van der Waals surface area contributed by atoms with Gasteiger partial charge in [-0.2, -0.15) is 0 Å². The Kier molecular flexibility index (Phi) is 10.1. The van der Waals surface area contributed by atoms with Crippen LogP contribution in [0.3, 0.4) is 0 Å². The SMILES string of the molecule is CCCCCOCCCCNC(C)=O. The minimum Gasteiger partial charge on any atom is -0.381 e. The van der Waals surface area contributed by atoms with Crippen molar-refractivity contribution in [2.24, 2.45) is 0 Å². The van der Waals surface area contributed by atoms with E-state index in [1.807, 2.05) is 0 Å². The van der Waals surface area contributed by atoms with Gasteiger partial charge in [-0.05, 0) is 19.3 Å². The number of carbonyl (C=O) groups excluding carboxylic acids is 1. The maximum absolute atomic E-state index is 10.5. The zero-order chi connectivity index (χ0) is 10.6. The lowest BCUT2D eigenvalue weighted by atomic mass is 10.3. The molecule has 0 spiro atoms. The fourth-order valence-corrected chi connectivity index (χ4v) is 1.15. The summed E-state index contributed by atoms with van der Waals surface area (Å²) in [7, 11) is 0. The first-order valence-electron chi connectivity index (χ1n) is 5.59. The van der Waals surface area contributed by atoms with Crippen LogP contribution in [0.5, 0.6) is 0 Å². The molecular formula is C11H23NO2. The molecular weight excluding hydrogens is 178 g/mol. The van der Waals surface area contributed by atoms with E-state index in [4.69, 9.17) is 4.74 Å². The Morgan fingerprint density at radius 3 is 2.36 bits per heavy atom. The van der Waals surface area contributed by atoms with Gasteiger partial charge in [-0.3, -0.25) is 4.79 Å². The summed E-state index contributed by atoms with van der Waals surface area (Å²) < 4.78 is 5.43.